The van der Waals surface area contributed by atoms with Gasteiger partial charge in [0.1, 0.15) is 0 Å². The zero-order chi connectivity index (χ0) is 45.4. The maximum absolute atomic E-state index is 8.51. The second kappa shape index (κ2) is 13.2. The van der Waals surface area contributed by atoms with Crippen LogP contribution in [-0.2, 0) is 21.7 Å². The van der Waals surface area contributed by atoms with E-state index in [1.165, 1.54) is 60.7 Å². The van der Waals surface area contributed by atoms with E-state index in [2.05, 4.69) is 219 Å². The predicted molar refractivity (Wildman–Crippen MR) is 280 cm³/mol. The van der Waals surface area contributed by atoms with Crippen LogP contribution >= 0.6 is 11.6 Å². The van der Waals surface area contributed by atoms with Gasteiger partial charge in [0.2, 0.25) is 0 Å². The quantitative estimate of drug-likeness (QED) is 0.161. The average molecular weight is 868 g/mol. The second-order valence-corrected chi connectivity index (χ2v) is 23.6. The van der Waals surface area contributed by atoms with Gasteiger partial charge in [-0.3, -0.25) is 0 Å². The number of nitrogens with zero attached hydrogens (tertiary/aromatic N) is 3. The smallest absolute Gasteiger partial charge is 0.252 e. The van der Waals surface area contributed by atoms with Crippen molar-refractivity contribution in [3.63, 3.8) is 0 Å². The van der Waals surface area contributed by atoms with Crippen LogP contribution in [0, 0.1) is 0 Å². The molecule has 0 N–H and O–H groups in total. The Hall–Kier alpha value is -5.84. The summed E-state index contributed by atoms with van der Waals surface area (Å²) in [7, 11) is 0. The molecule has 12 rings (SSSR count). The summed E-state index contributed by atoms with van der Waals surface area (Å²) in [6, 6.07) is 46.2. The second-order valence-electron chi connectivity index (χ2n) is 23.2. The minimum absolute atomic E-state index is 0.00577. The van der Waals surface area contributed by atoms with Gasteiger partial charge in [-0.15, -0.1) is 0 Å². The van der Waals surface area contributed by atoms with Crippen LogP contribution in [0.3, 0.4) is 0 Å². The molecule has 0 aliphatic carbocycles. The summed E-state index contributed by atoms with van der Waals surface area (Å²) in [4.78, 5) is 7.56. The van der Waals surface area contributed by atoms with Crippen LogP contribution in [0.1, 0.15) is 105 Å². The molecule has 0 atom stereocenters. The van der Waals surface area contributed by atoms with Gasteiger partial charge in [0.15, 0.2) is 11.5 Å². The van der Waals surface area contributed by atoms with Crippen LogP contribution in [0.15, 0.2) is 121 Å². The van der Waals surface area contributed by atoms with E-state index in [9.17, 15) is 0 Å². The third kappa shape index (κ3) is 5.65. The third-order valence-corrected chi connectivity index (χ3v) is 15.3. The first-order chi connectivity index (χ1) is 30.7. The number of fused-ring (bicyclic) bond motifs is 6. The molecule has 0 radical (unpaired) electrons. The summed E-state index contributed by atoms with van der Waals surface area (Å²) in [5.74, 6) is 1.77. The largest absolute Gasteiger partial charge is 0.453 e. The molecule has 0 unspecified atom stereocenters. The number of halogens is 1. The number of benzene rings is 7. The molecule has 0 saturated carbocycles. The van der Waals surface area contributed by atoms with Gasteiger partial charge in [-0.2, -0.15) is 0 Å². The van der Waals surface area contributed by atoms with E-state index in [1.54, 1.807) is 0 Å². The topological polar surface area (TPSA) is 19.0 Å². The number of rotatable bonds is 2. The molecule has 7 aromatic rings. The van der Waals surface area contributed by atoms with Crippen molar-refractivity contribution < 1.29 is 4.74 Å². The van der Waals surface area contributed by atoms with E-state index in [-0.39, 0.29) is 35.1 Å². The molecule has 5 aliphatic heterocycles. The van der Waals surface area contributed by atoms with Crippen LogP contribution in [0.5, 0.6) is 11.5 Å². The summed E-state index contributed by atoms with van der Waals surface area (Å²) < 4.78 is 7.06. The molecule has 0 fully saturated rings. The van der Waals surface area contributed by atoms with E-state index >= 15 is 0 Å². The fourth-order valence-electron chi connectivity index (χ4n) is 11.5. The van der Waals surface area contributed by atoms with Crippen molar-refractivity contribution in [1.29, 1.82) is 0 Å². The molecule has 322 valence electrons. The van der Waals surface area contributed by atoms with Crippen molar-refractivity contribution in [1.82, 2.24) is 0 Å². The van der Waals surface area contributed by atoms with Gasteiger partial charge in [-0.25, -0.2) is 0 Å². The third-order valence-electron chi connectivity index (χ3n) is 14.9. The lowest BCUT2D eigenvalue weighted by Gasteiger charge is -2.53. The first kappa shape index (κ1) is 40.7. The highest BCUT2D eigenvalue weighted by Crippen LogP contribution is 2.58. The lowest BCUT2D eigenvalue weighted by atomic mass is 9.28. The highest BCUT2D eigenvalue weighted by Gasteiger charge is 2.55. The summed E-state index contributed by atoms with van der Waals surface area (Å²) in [6.45, 7) is 27.4. The van der Waals surface area contributed by atoms with E-state index < -0.39 is 0 Å². The Labute approximate surface area is 391 Å². The Kier molecular flexibility index (Phi) is 8.23. The molecule has 0 amide bonds. The van der Waals surface area contributed by atoms with Crippen molar-refractivity contribution in [3.8, 4) is 11.5 Å². The molecule has 7 aromatic carbocycles. The maximum atomic E-state index is 8.51. The average Bonchev–Trinajstić information content (AvgIpc) is 3.25. The lowest BCUT2D eigenvalue weighted by Crippen LogP contribution is -2.69. The zero-order valence-corrected chi connectivity index (χ0v) is 40.6. The van der Waals surface area contributed by atoms with Crippen LogP contribution in [0.4, 0.5) is 51.2 Å². The molecular formula is C58H56B2ClN3O. The van der Waals surface area contributed by atoms with Crippen molar-refractivity contribution in [2.45, 2.75) is 105 Å². The van der Waals surface area contributed by atoms with Gasteiger partial charge in [0.05, 0.1) is 27.8 Å². The summed E-state index contributed by atoms with van der Waals surface area (Å²) in [5, 5.41) is 0.761. The molecule has 0 saturated heterocycles. The van der Waals surface area contributed by atoms with Crippen LogP contribution in [0.2, 0.25) is 5.02 Å². The highest BCUT2D eigenvalue weighted by molar-refractivity contribution is 7.05. The molecule has 0 spiro atoms. The van der Waals surface area contributed by atoms with Crippen LogP contribution in [-0.4, -0.2) is 13.4 Å². The SMILES string of the molecule is CC(C)(C)c1ccc(N2c3ccc(C(C)(C)C)cc3B3c4cccc5c4N4c6c(cccc6B6c7cc(C(C)(C)C)ccc7N(c7ccc(C(C)(C)C)cc7)c7c(Cl)c2c3c4c76)O5)cc1. The predicted octanol–water partition coefficient (Wildman–Crippen LogP) is 12.3. The van der Waals surface area contributed by atoms with Gasteiger partial charge in [0, 0.05) is 28.4 Å². The van der Waals surface area contributed by atoms with Gasteiger partial charge in [0.25, 0.3) is 13.4 Å². The van der Waals surface area contributed by atoms with E-state index in [1.807, 2.05) is 0 Å². The Morgan fingerprint density at radius 1 is 0.385 bits per heavy atom. The van der Waals surface area contributed by atoms with Crippen molar-refractivity contribution in [2.24, 2.45) is 0 Å². The van der Waals surface area contributed by atoms with Crippen molar-refractivity contribution in [3.05, 3.63) is 149 Å². The molecule has 7 heteroatoms. The number of para-hydroxylation sites is 2. The summed E-state index contributed by atoms with van der Waals surface area (Å²) in [5.41, 5.74) is 22.7. The molecular weight excluding hydrogens is 812 g/mol. The summed E-state index contributed by atoms with van der Waals surface area (Å²) in [6.07, 6.45) is 0. The highest BCUT2D eigenvalue weighted by atomic mass is 35.5. The molecule has 0 aromatic heterocycles. The fourth-order valence-corrected chi connectivity index (χ4v) is 11.8. The normalized spacial score (nSPS) is 15.1. The molecule has 5 heterocycles. The van der Waals surface area contributed by atoms with Gasteiger partial charge in [-0.1, -0.05) is 167 Å². The molecule has 4 nitrogen and oxygen atoms in total. The Morgan fingerprint density at radius 2 is 0.754 bits per heavy atom. The van der Waals surface area contributed by atoms with E-state index in [0.717, 1.165) is 62.0 Å². The number of anilines is 9. The Bertz CT molecular complexity index is 2990. The molecule has 65 heavy (non-hydrogen) atoms. The Morgan fingerprint density at radius 3 is 1.12 bits per heavy atom. The van der Waals surface area contributed by atoms with Crippen molar-refractivity contribution in [2.75, 3.05) is 14.7 Å². The minimum Gasteiger partial charge on any atom is -0.453 e. The maximum Gasteiger partial charge on any atom is 0.252 e. The molecule has 5 aliphatic rings. The zero-order valence-electron chi connectivity index (χ0n) is 39.8. The monoisotopic (exact) mass is 867 g/mol. The van der Waals surface area contributed by atoms with Crippen LogP contribution < -0.4 is 52.2 Å². The van der Waals surface area contributed by atoms with Crippen LogP contribution in [0.25, 0.3) is 0 Å². The fraction of sp³-hybridized carbons (Fsp3) is 0.276. The Balaban J connectivity index is 1.26. The summed E-state index contributed by atoms with van der Waals surface area (Å²) >= 11 is 8.51. The molecule has 0 bridgehead atoms. The van der Waals surface area contributed by atoms with Gasteiger partial charge in [-0.05, 0) is 125 Å². The first-order valence-corrected chi connectivity index (χ1v) is 23.8. The van der Waals surface area contributed by atoms with Gasteiger partial charge < -0.3 is 19.4 Å². The lowest BCUT2D eigenvalue weighted by molar-refractivity contribution is 0.478. The standard InChI is InChI=1S/C58H56B2ClN3O/c1-55(2,3)33-19-25-37(26-20-33)62-43-29-23-35(57(7,8)9)31-41(43)59-39-15-13-17-45-50(39)64-51-40(16-14-18-46(51)65-45)60-42-32-36(58(10,11)12)24-30-44(42)63(38-27-21-34(22-28-38)56(4,5)6)54-48(60)52(64)47(59)53(62)49(54)61/h13-32H,1-12H3. The first-order valence-electron chi connectivity index (χ1n) is 23.4. The van der Waals surface area contributed by atoms with Crippen molar-refractivity contribution >= 4 is 109 Å². The number of ether oxygens (including phenoxy) is 1. The van der Waals surface area contributed by atoms with Gasteiger partial charge >= 0.3 is 0 Å². The number of hydrogen-bond acceptors (Lipinski definition) is 4. The number of hydrogen-bond donors (Lipinski definition) is 0. The van der Waals surface area contributed by atoms with E-state index in [4.69, 9.17) is 16.3 Å². The minimum atomic E-state index is -0.103. The van der Waals surface area contributed by atoms with E-state index in [0.29, 0.717) is 0 Å².